The number of nitrogens with zero attached hydrogens (tertiary/aromatic N) is 1. The molecule has 0 aromatic carbocycles. The van der Waals surface area contributed by atoms with Crippen molar-refractivity contribution < 1.29 is 0 Å². The Labute approximate surface area is 87.2 Å². The highest BCUT2D eigenvalue weighted by Gasteiger charge is 2.52. The highest BCUT2D eigenvalue weighted by molar-refractivity contribution is 5.78. The highest BCUT2D eigenvalue weighted by Crippen LogP contribution is 2.53. The van der Waals surface area contributed by atoms with Crippen molar-refractivity contribution in [3.63, 3.8) is 0 Å². The van der Waals surface area contributed by atoms with Gasteiger partial charge in [0.1, 0.15) is 0 Å². The van der Waals surface area contributed by atoms with Crippen LogP contribution in [0, 0.1) is 11.3 Å². The van der Waals surface area contributed by atoms with Gasteiger partial charge < -0.3 is 11.1 Å². The van der Waals surface area contributed by atoms with E-state index in [1.54, 1.807) is 0 Å². The lowest BCUT2D eigenvalue weighted by Crippen LogP contribution is -2.37. The molecule has 0 heterocycles. The van der Waals surface area contributed by atoms with E-state index in [9.17, 15) is 0 Å². The lowest BCUT2D eigenvalue weighted by molar-refractivity contribution is 0.382. The van der Waals surface area contributed by atoms with Crippen LogP contribution in [0.1, 0.15) is 41.0 Å². The molecule has 3 N–H and O–H groups in total. The van der Waals surface area contributed by atoms with E-state index >= 15 is 0 Å². The Balaban J connectivity index is 2.48. The monoisotopic (exact) mass is 197 g/mol. The van der Waals surface area contributed by atoms with Gasteiger partial charge in [-0.1, -0.05) is 20.8 Å². The van der Waals surface area contributed by atoms with Crippen molar-refractivity contribution in [3.8, 4) is 0 Å². The fourth-order valence-corrected chi connectivity index (χ4v) is 1.67. The van der Waals surface area contributed by atoms with Crippen molar-refractivity contribution >= 4 is 5.96 Å². The lowest BCUT2D eigenvalue weighted by atomic mass is 9.94. The van der Waals surface area contributed by atoms with Crippen LogP contribution in [0.15, 0.2) is 4.99 Å². The normalized spacial score (nSPS) is 32.5. The molecule has 0 saturated heterocycles. The molecule has 0 aromatic rings. The molecular formula is C11H23N3. The third kappa shape index (κ3) is 2.40. The second-order valence-corrected chi connectivity index (χ2v) is 5.19. The number of nitrogens with one attached hydrogen (secondary N) is 1. The Morgan fingerprint density at radius 3 is 2.36 bits per heavy atom. The van der Waals surface area contributed by atoms with Crippen LogP contribution in [0.4, 0.5) is 0 Å². The van der Waals surface area contributed by atoms with E-state index in [1.165, 1.54) is 6.42 Å². The molecule has 0 aliphatic heterocycles. The van der Waals surface area contributed by atoms with Gasteiger partial charge in [-0.15, -0.1) is 0 Å². The maximum Gasteiger partial charge on any atom is 0.189 e. The molecular weight excluding hydrogens is 174 g/mol. The molecule has 3 heteroatoms. The summed E-state index contributed by atoms with van der Waals surface area (Å²) in [5, 5.41) is 3.12. The molecule has 0 amide bonds. The van der Waals surface area contributed by atoms with Crippen molar-refractivity contribution in [1.29, 1.82) is 0 Å². The minimum absolute atomic E-state index is 0.364. The van der Waals surface area contributed by atoms with E-state index in [4.69, 9.17) is 5.73 Å². The van der Waals surface area contributed by atoms with Gasteiger partial charge in [0.15, 0.2) is 5.96 Å². The summed E-state index contributed by atoms with van der Waals surface area (Å²) in [5.74, 6) is 1.28. The Hall–Kier alpha value is -0.730. The van der Waals surface area contributed by atoms with Crippen molar-refractivity contribution in [2.75, 3.05) is 0 Å². The highest BCUT2D eigenvalue weighted by atomic mass is 15.1. The van der Waals surface area contributed by atoms with Crippen molar-refractivity contribution in [1.82, 2.24) is 5.32 Å². The molecule has 0 aromatic heterocycles. The molecule has 2 atom stereocenters. The summed E-state index contributed by atoms with van der Waals surface area (Å²) in [6.07, 6.45) is 1.17. The van der Waals surface area contributed by atoms with Gasteiger partial charge in [-0.3, -0.25) is 0 Å². The zero-order valence-electron chi connectivity index (χ0n) is 9.96. The third-order valence-corrected chi connectivity index (χ3v) is 3.28. The Bertz CT molecular complexity index is 233. The van der Waals surface area contributed by atoms with Crippen LogP contribution in [-0.4, -0.2) is 18.0 Å². The van der Waals surface area contributed by atoms with Crippen molar-refractivity contribution in [2.45, 2.75) is 53.1 Å². The molecule has 1 aliphatic carbocycles. The molecule has 1 fully saturated rings. The van der Waals surface area contributed by atoms with Crippen LogP contribution >= 0.6 is 0 Å². The van der Waals surface area contributed by atoms with E-state index < -0.39 is 0 Å². The van der Waals surface area contributed by atoms with Crippen molar-refractivity contribution in [2.24, 2.45) is 22.1 Å². The maximum absolute atomic E-state index is 5.78. The summed E-state index contributed by atoms with van der Waals surface area (Å²) in [6, 6.07) is 0.788. The summed E-state index contributed by atoms with van der Waals surface area (Å²) < 4.78 is 0. The average Bonchev–Trinajstić information content (AvgIpc) is 2.60. The number of guanidine groups is 1. The fourth-order valence-electron chi connectivity index (χ4n) is 1.67. The summed E-state index contributed by atoms with van der Waals surface area (Å²) in [5.41, 5.74) is 6.15. The number of rotatable bonds is 3. The minimum atomic E-state index is 0.364. The molecule has 2 unspecified atom stereocenters. The van der Waals surface area contributed by atoms with Crippen molar-refractivity contribution in [3.05, 3.63) is 0 Å². The van der Waals surface area contributed by atoms with E-state index in [2.05, 4.69) is 44.9 Å². The maximum atomic E-state index is 5.78. The van der Waals surface area contributed by atoms with Gasteiger partial charge in [0.05, 0.1) is 6.04 Å². The second kappa shape index (κ2) is 3.79. The lowest BCUT2D eigenvalue weighted by Gasteiger charge is -2.14. The Kier molecular flexibility index (Phi) is 3.07. The zero-order valence-corrected chi connectivity index (χ0v) is 9.96. The first-order valence-electron chi connectivity index (χ1n) is 5.46. The van der Waals surface area contributed by atoms with Crippen LogP contribution in [-0.2, 0) is 0 Å². The average molecular weight is 197 g/mol. The minimum Gasteiger partial charge on any atom is -0.370 e. The molecule has 1 aliphatic rings. The fraction of sp³-hybridized carbons (Fsp3) is 0.909. The molecule has 0 spiro atoms. The molecule has 1 saturated carbocycles. The smallest absolute Gasteiger partial charge is 0.189 e. The first-order valence-corrected chi connectivity index (χ1v) is 5.46. The van der Waals surface area contributed by atoms with Gasteiger partial charge in [-0.2, -0.15) is 0 Å². The quantitative estimate of drug-likeness (QED) is 0.535. The standard InChI is InChI=1S/C11H23N3/c1-7(2)11(5)6-9(11)14-10(12)13-8(3)4/h7-9H,6H2,1-5H3,(H3,12,13,14). The summed E-state index contributed by atoms with van der Waals surface area (Å²) in [6.45, 7) is 10.9. The topological polar surface area (TPSA) is 50.4 Å². The van der Waals surface area contributed by atoms with Gasteiger partial charge in [-0.25, -0.2) is 4.99 Å². The number of aliphatic imine (C=N–C) groups is 1. The largest absolute Gasteiger partial charge is 0.370 e. The van der Waals surface area contributed by atoms with Gasteiger partial charge in [0.25, 0.3) is 0 Å². The van der Waals surface area contributed by atoms with Crippen LogP contribution in [0.25, 0.3) is 0 Å². The summed E-state index contributed by atoms with van der Waals surface area (Å²) >= 11 is 0. The van der Waals surface area contributed by atoms with Gasteiger partial charge in [0, 0.05) is 6.04 Å². The first-order chi connectivity index (χ1) is 6.36. The van der Waals surface area contributed by atoms with Gasteiger partial charge >= 0.3 is 0 Å². The molecule has 14 heavy (non-hydrogen) atoms. The first kappa shape index (κ1) is 11.3. The third-order valence-electron chi connectivity index (χ3n) is 3.28. The van der Waals surface area contributed by atoms with Crippen LogP contribution < -0.4 is 11.1 Å². The van der Waals surface area contributed by atoms with Gasteiger partial charge in [-0.05, 0) is 31.6 Å². The number of nitrogens with two attached hydrogens (primary N) is 1. The predicted molar refractivity (Wildman–Crippen MR) is 61.2 cm³/mol. The second-order valence-electron chi connectivity index (χ2n) is 5.19. The van der Waals surface area contributed by atoms with Crippen LogP contribution in [0.2, 0.25) is 0 Å². The van der Waals surface area contributed by atoms with E-state index in [0.29, 0.717) is 29.4 Å². The van der Waals surface area contributed by atoms with E-state index in [0.717, 1.165) is 0 Å². The molecule has 3 nitrogen and oxygen atoms in total. The van der Waals surface area contributed by atoms with Crippen LogP contribution in [0.5, 0.6) is 0 Å². The SMILES string of the molecule is CC(C)NC(N)=NC1CC1(C)C(C)C. The number of hydrogen-bond donors (Lipinski definition) is 2. The molecule has 1 rings (SSSR count). The predicted octanol–water partition coefficient (Wildman–Crippen LogP) is 1.73. The number of hydrogen-bond acceptors (Lipinski definition) is 1. The summed E-state index contributed by atoms with van der Waals surface area (Å²) in [4.78, 5) is 4.49. The van der Waals surface area contributed by atoms with E-state index in [-0.39, 0.29) is 0 Å². The van der Waals surface area contributed by atoms with Gasteiger partial charge in [0.2, 0.25) is 0 Å². The van der Waals surface area contributed by atoms with E-state index in [1.807, 2.05) is 0 Å². The zero-order chi connectivity index (χ0) is 10.9. The van der Waals surface area contributed by atoms with Crippen LogP contribution in [0.3, 0.4) is 0 Å². The molecule has 82 valence electrons. The Morgan fingerprint density at radius 2 is 2.00 bits per heavy atom. The molecule has 0 radical (unpaired) electrons. The Morgan fingerprint density at radius 1 is 1.43 bits per heavy atom. The summed E-state index contributed by atoms with van der Waals surface area (Å²) in [7, 11) is 0. The molecule has 0 bridgehead atoms.